The predicted octanol–water partition coefficient (Wildman–Crippen LogP) is 3.92. The number of rotatable bonds is 7. The fourth-order valence-corrected chi connectivity index (χ4v) is 4.98. The maximum absolute atomic E-state index is 14.5. The van der Waals surface area contributed by atoms with Crippen LogP contribution in [0, 0.1) is 5.82 Å². The van der Waals surface area contributed by atoms with Crippen LogP contribution in [0.5, 0.6) is 11.5 Å². The van der Waals surface area contributed by atoms with Gasteiger partial charge in [0.15, 0.2) is 17.3 Å². The van der Waals surface area contributed by atoms with Crippen molar-refractivity contribution in [2.24, 2.45) is 0 Å². The third-order valence-corrected chi connectivity index (χ3v) is 7.09. The molecule has 0 spiro atoms. The second-order valence-electron chi connectivity index (χ2n) is 9.30. The topological polar surface area (TPSA) is 97.8 Å². The lowest BCUT2D eigenvalue weighted by Crippen LogP contribution is -2.47. The Morgan fingerprint density at radius 2 is 2.03 bits per heavy atom. The molecule has 2 saturated heterocycles. The van der Waals surface area contributed by atoms with Crippen LogP contribution in [0.3, 0.4) is 0 Å². The number of halogens is 2. The largest absolute Gasteiger partial charge is 0.493 e. The van der Waals surface area contributed by atoms with Gasteiger partial charge in [-0.05, 0) is 38.1 Å². The highest BCUT2D eigenvalue weighted by Crippen LogP contribution is 2.37. The van der Waals surface area contributed by atoms with E-state index in [1.54, 1.807) is 31.4 Å². The standard InChI is InChI=1S/C26H29ClFN5O4/c1-33-13-16(10-21(33)26(34)31-15-6-8-36-9-7-15)37-23-11-17-20(12-22(23)35-2)29-14-30-25(17)32-19-5-3-4-18(27)24(19)28/h3-5,11-12,14-16,21H,6-10,13H2,1-2H3,(H,31,34)(H,29,30,32)/t16-,21-/m0/s1. The maximum Gasteiger partial charge on any atom is 0.237 e. The van der Waals surface area contributed by atoms with Crippen LogP contribution in [-0.2, 0) is 9.53 Å². The van der Waals surface area contributed by atoms with E-state index >= 15 is 0 Å². The molecule has 11 heteroatoms. The molecule has 5 rings (SSSR count). The lowest BCUT2D eigenvalue weighted by molar-refractivity contribution is -0.126. The molecule has 2 aromatic carbocycles. The second kappa shape index (κ2) is 11.0. The van der Waals surface area contributed by atoms with Gasteiger partial charge in [0.2, 0.25) is 5.91 Å². The molecule has 1 aromatic heterocycles. The smallest absolute Gasteiger partial charge is 0.237 e. The minimum absolute atomic E-state index is 0.00871. The zero-order valence-electron chi connectivity index (χ0n) is 20.7. The van der Waals surface area contributed by atoms with E-state index in [1.807, 2.05) is 11.9 Å². The van der Waals surface area contributed by atoms with Gasteiger partial charge >= 0.3 is 0 Å². The number of hydrogen-bond donors (Lipinski definition) is 2. The Kier molecular flexibility index (Phi) is 7.59. The first-order chi connectivity index (χ1) is 17.9. The van der Waals surface area contributed by atoms with Gasteiger partial charge in [-0.2, -0.15) is 0 Å². The number of likely N-dealkylation sites (N-methyl/N-ethyl adjacent to an activating group) is 1. The Morgan fingerprint density at radius 3 is 2.81 bits per heavy atom. The molecule has 0 saturated carbocycles. The molecule has 3 aromatic rings. The van der Waals surface area contributed by atoms with Crippen LogP contribution < -0.4 is 20.1 Å². The number of likely N-dealkylation sites (tertiary alicyclic amines) is 1. The van der Waals surface area contributed by atoms with Gasteiger partial charge in [0.25, 0.3) is 0 Å². The monoisotopic (exact) mass is 529 g/mol. The first kappa shape index (κ1) is 25.4. The van der Waals surface area contributed by atoms with Crippen molar-refractivity contribution in [2.45, 2.75) is 37.5 Å². The molecule has 0 radical (unpaired) electrons. The van der Waals surface area contributed by atoms with Crippen LogP contribution in [-0.4, -0.2) is 72.9 Å². The van der Waals surface area contributed by atoms with Gasteiger partial charge in [0.1, 0.15) is 18.2 Å². The fraction of sp³-hybridized carbons (Fsp3) is 0.423. The van der Waals surface area contributed by atoms with Crippen LogP contribution in [0.25, 0.3) is 10.9 Å². The molecular weight excluding hydrogens is 501 g/mol. The molecule has 2 N–H and O–H groups in total. The number of benzene rings is 2. The van der Waals surface area contributed by atoms with Crippen molar-refractivity contribution in [1.82, 2.24) is 20.2 Å². The Morgan fingerprint density at radius 1 is 1.22 bits per heavy atom. The van der Waals surface area contributed by atoms with Crippen LogP contribution in [0.15, 0.2) is 36.7 Å². The lowest BCUT2D eigenvalue weighted by Gasteiger charge is -2.26. The summed E-state index contributed by atoms with van der Waals surface area (Å²) in [5, 5.41) is 6.79. The van der Waals surface area contributed by atoms with E-state index in [1.165, 1.54) is 12.4 Å². The van der Waals surface area contributed by atoms with Crippen molar-refractivity contribution in [3.05, 3.63) is 47.5 Å². The maximum atomic E-state index is 14.5. The Hall–Kier alpha value is -3.21. The summed E-state index contributed by atoms with van der Waals surface area (Å²) in [5.41, 5.74) is 0.794. The molecule has 196 valence electrons. The Balaban J connectivity index is 1.35. The SMILES string of the molecule is COc1cc2ncnc(Nc3cccc(Cl)c3F)c2cc1O[C@H]1C[C@@H](C(=O)NC2CCOCC2)N(C)C1. The summed E-state index contributed by atoms with van der Waals surface area (Å²) in [7, 11) is 3.48. The number of nitrogens with one attached hydrogen (secondary N) is 2. The molecule has 0 aliphatic carbocycles. The van der Waals surface area contributed by atoms with Crippen molar-refractivity contribution >= 4 is 39.9 Å². The first-order valence-electron chi connectivity index (χ1n) is 12.2. The number of methoxy groups -OCH3 is 1. The number of amides is 1. The molecule has 2 fully saturated rings. The molecule has 0 unspecified atom stereocenters. The Bertz CT molecular complexity index is 1290. The summed E-state index contributed by atoms with van der Waals surface area (Å²) in [4.78, 5) is 23.6. The zero-order valence-corrected chi connectivity index (χ0v) is 21.4. The van der Waals surface area contributed by atoms with Gasteiger partial charge in [-0.3, -0.25) is 9.69 Å². The number of anilines is 2. The highest BCUT2D eigenvalue weighted by Gasteiger charge is 2.37. The van der Waals surface area contributed by atoms with Crippen molar-refractivity contribution in [2.75, 3.05) is 39.2 Å². The van der Waals surface area contributed by atoms with Crippen molar-refractivity contribution in [3.63, 3.8) is 0 Å². The summed E-state index contributed by atoms with van der Waals surface area (Å²) >= 11 is 5.94. The van der Waals surface area contributed by atoms with E-state index in [0.717, 1.165) is 12.8 Å². The number of aromatic nitrogens is 2. The van der Waals surface area contributed by atoms with Crippen molar-refractivity contribution in [3.8, 4) is 11.5 Å². The highest BCUT2D eigenvalue weighted by molar-refractivity contribution is 6.31. The van der Waals surface area contributed by atoms with E-state index in [0.29, 0.717) is 54.4 Å². The normalized spacial score (nSPS) is 20.6. The predicted molar refractivity (Wildman–Crippen MR) is 138 cm³/mol. The van der Waals surface area contributed by atoms with Crippen LogP contribution in [0.4, 0.5) is 15.9 Å². The molecule has 37 heavy (non-hydrogen) atoms. The van der Waals surface area contributed by atoms with E-state index in [4.69, 9.17) is 25.8 Å². The van der Waals surface area contributed by atoms with Crippen molar-refractivity contribution < 1.29 is 23.4 Å². The molecule has 0 bridgehead atoms. The minimum Gasteiger partial charge on any atom is -0.493 e. The van der Waals surface area contributed by atoms with Crippen LogP contribution in [0.2, 0.25) is 5.02 Å². The number of fused-ring (bicyclic) bond motifs is 1. The number of hydrogen-bond acceptors (Lipinski definition) is 8. The first-order valence-corrected chi connectivity index (χ1v) is 12.6. The highest BCUT2D eigenvalue weighted by atomic mass is 35.5. The summed E-state index contributed by atoms with van der Waals surface area (Å²) in [6, 6.07) is 8.09. The zero-order chi connectivity index (χ0) is 25.9. The number of ether oxygens (including phenoxy) is 3. The van der Waals surface area contributed by atoms with Gasteiger partial charge in [-0.15, -0.1) is 0 Å². The van der Waals surface area contributed by atoms with Crippen LogP contribution >= 0.6 is 11.6 Å². The fourth-order valence-electron chi connectivity index (χ4n) is 4.81. The van der Waals surface area contributed by atoms with Gasteiger partial charge in [0.05, 0.1) is 29.4 Å². The third-order valence-electron chi connectivity index (χ3n) is 6.80. The van der Waals surface area contributed by atoms with E-state index in [9.17, 15) is 9.18 Å². The van der Waals surface area contributed by atoms with E-state index < -0.39 is 5.82 Å². The van der Waals surface area contributed by atoms with Gasteiger partial charge < -0.3 is 24.8 Å². The summed E-state index contributed by atoms with van der Waals surface area (Å²) in [5.74, 6) is 0.831. The van der Waals surface area contributed by atoms with Gasteiger partial charge in [-0.25, -0.2) is 14.4 Å². The average Bonchev–Trinajstić information content (AvgIpc) is 3.27. The second-order valence-corrected chi connectivity index (χ2v) is 9.70. The van der Waals surface area contributed by atoms with Gasteiger partial charge in [-0.1, -0.05) is 17.7 Å². The lowest BCUT2D eigenvalue weighted by atomic mass is 10.1. The van der Waals surface area contributed by atoms with Crippen molar-refractivity contribution in [1.29, 1.82) is 0 Å². The minimum atomic E-state index is -0.569. The molecule has 9 nitrogen and oxygen atoms in total. The molecule has 1 amide bonds. The molecular formula is C26H29ClFN5O4. The number of carbonyl (C=O) groups is 1. The molecule has 2 atom stereocenters. The molecule has 2 aliphatic rings. The number of carbonyl (C=O) groups excluding carboxylic acids is 1. The number of nitrogens with zero attached hydrogens (tertiary/aromatic N) is 3. The molecule has 2 aliphatic heterocycles. The molecule has 3 heterocycles. The summed E-state index contributed by atoms with van der Waals surface area (Å²) in [6.07, 6.45) is 3.35. The van der Waals surface area contributed by atoms with E-state index in [2.05, 4.69) is 20.6 Å². The summed E-state index contributed by atoms with van der Waals surface area (Å²) < 4.78 is 31.8. The van der Waals surface area contributed by atoms with E-state index in [-0.39, 0.29) is 34.8 Å². The van der Waals surface area contributed by atoms with Gasteiger partial charge in [0, 0.05) is 43.7 Å². The summed E-state index contributed by atoms with van der Waals surface area (Å²) in [6.45, 7) is 1.92. The Labute approximate surface area is 219 Å². The third kappa shape index (κ3) is 5.56. The average molecular weight is 530 g/mol. The quantitative estimate of drug-likeness (QED) is 0.475. The van der Waals surface area contributed by atoms with Crippen LogP contribution in [0.1, 0.15) is 19.3 Å².